The number of aryl methyl sites for hydroxylation is 1. The molecule has 1 saturated heterocycles. The molecule has 3 rings (SSSR count). The normalized spacial score (nSPS) is 18.0. The summed E-state index contributed by atoms with van der Waals surface area (Å²) in [5.41, 5.74) is 2.46. The lowest BCUT2D eigenvalue weighted by Gasteiger charge is -2.34. The maximum absolute atomic E-state index is 9.24. The summed E-state index contributed by atoms with van der Waals surface area (Å²) in [7, 11) is 1.92. The number of nitriles is 1. The third-order valence-corrected chi connectivity index (χ3v) is 4.28. The third-order valence-electron chi connectivity index (χ3n) is 3.96. The van der Waals surface area contributed by atoms with Crippen LogP contribution in [0.1, 0.15) is 18.4 Å². The van der Waals surface area contributed by atoms with Gasteiger partial charge in [-0.2, -0.15) is 10.4 Å². The molecule has 1 aliphatic heterocycles. The molecule has 114 valence electrons. The lowest BCUT2D eigenvalue weighted by Crippen LogP contribution is -2.42. The van der Waals surface area contributed by atoms with E-state index >= 15 is 0 Å². The molecule has 2 heterocycles. The van der Waals surface area contributed by atoms with E-state index in [1.807, 2.05) is 30.2 Å². The van der Waals surface area contributed by atoms with Gasteiger partial charge in [-0.1, -0.05) is 17.7 Å². The number of para-hydroxylation sites is 1. The fourth-order valence-electron chi connectivity index (χ4n) is 2.87. The number of rotatable bonds is 3. The predicted octanol–water partition coefficient (Wildman–Crippen LogP) is 3.03. The Morgan fingerprint density at radius 3 is 3.05 bits per heavy atom. The van der Waals surface area contributed by atoms with Crippen molar-refractivity contribution < 1.29 is 0 Å². The second kappa shape index (κ2) is 6.29. The standard InChI is InChI=1S/C16H18ClN5/c1-21-11-14(9-19-21)22-7-3-5-13(10-22)20-16-12(8-18)4-2-6-15(16)17/h2,4,6,9,11,13,20H,3,5,7,10H2,1H3. The highest BCUT2D eigenvalue weighted by atomic mass is 35.5. The van der Waals surface area contributed by atoms with Crippen LogP contribution in [-0.2, 0) is 7.05 Å². The summed E-state index contributed by atoms with van der Waals surface area (Å²) in [6, 6.07) is 7.86. The van der Waals surface area contributed by atoms with Crippen molar-refractivity contribution in [3.8, 4) is 6.07 Å². The molecule has 1 fully saturated rings. The van der Waals surface area contributed by atoms with E-state index in [2.05, 4.69) is 21.4 Å². The van der Waals surface area contributed by atoms with E-state index in [0.717, 1.165) is 37.3 Å². The Morgan fingerprint density at radius 2 is 2.32 bits per heavy atom. The van der Waals surface area contributed by atoms with Gasteiger partial charge in [-0.3, -0.25) is 4.68 Å². The first kappa shape index (κ1) is 14.7. The largest absolute Gasteiger partial charge is 0.378 e. The summed E-state index contributed by atoms with van der Waals surface area (Å²) in [4.78, 5) is 2.32. The summed E-state index contributed by atoms with van der Waals surface area (Å²) in [5.74, 6) is 0. The van der Waals surface area contributed by atoms with Crippen LogP contribution in [0.5, 0.6) is 0 Å². The maximum atomic E-state index is 9.24. The predicted molar refractivity (Wildman–Crippen MR) is 88.2 cm³/mol. The fraction of sp³-hybridized carbons (Fsp3) is 0.375. The highest BCUT2D eigenvalue weighted by Crippen LogP contribution is 2.28. The molecule has 0 bridgehead atoms. The zero-order valence-corrected chi connectivity index (χ0v) is 13.2. The number of halogens is 1. The van der Waals surface area contributed by atoms with Gasteiger partial charge in [0.25, 0.3) is 0 Å². The minimum Gasteiger partial charge on any atom is -0.378 e. The van der Waals surface area contributed by atoms with Crippen LogP contribution >= 0.6 is 11.6 Å². The van der Waals surface area contributed by atoms with Gasteiger partial charge in [0, 0.05) is 32.4 Å². The Bertz CT molecular complexity index is 703. The van der Waals surface area contributed by atoms with Crippen molar-refractivity contribution in [2.45, 2.75) is 18.9 Å². The summed E-state index contributed by atoms with van der Waals surface area (Å²) in [5, 5.41) is 17.5. The number of piperidine rings is 1. The number of hydrogen-bond acceptors (Lipinski definition) is 4. The molecule has 0 aliphatic carbocycles. The van der Waals surface area contributed by atoms with Crippen LogP contribution in [0.15, 0.2) is 30.6 Å². The molecule has 22 heavy (non-hydrogen) atoms. The first-order chi connectivity index (χ1) is 10.7. The van der Waals surface area contributed by atoms with Crippen LogP contribution in [0, 0.1) is 11.3 Å². The van der Waals surface area contributed by atoms with Crippen LogP contribution in [-0.4, -0.2) is 28.9 Å². The second-order valence-electron chi connectivity index (χ2n) is 5.58. The SMILES string of the molecule is Cn1cc(N2CCCC(Nc3c(Cl)cccc3C#N)C2)cn1. The molecule has 1 aliphatic rings. The maximum Gasteiger partial charge on any atom is 0.101 e. The second-order valence-corrected chi connectivity index (χ2v) is 5.98. The Morgan fingerprint density at radius 1 is 1.45 bits per heavy atom. The van der Waals surface area contributed by atoms with Crippen molar-refractivity contribution >= 4 is 23.0 Å². The Kier molecular flexibility index (Phi) is 4.21. The smallest absolute Gasteiger partial charge is 0.101 e. The topological polar surface area (TPSA) is 56.9 Å². The van der Waals surface area contributed by atoms with E-state index in [1.165, 1.54) is 0 Å². The molecule has 0 radical (unpaired) electrons. The molecule has 1 atom stereocenters. The van der Waals surface area contributed by atoms with Crippen LogP contribution in [0.2, 0.25) is 5.02 Å². The molecule has 1 aromatic heterocycles. The van der Waals surface area contributed by atoms with Gasteiger partial charge < -0.3 is 10.2 Å². The summed E-state index contributed by atoms with van der Waals surface area (Å²) in [6.45, 7) is 1.90. The molecule has 0 spiro atoms. The van der Waals surface area contributed by atoms with Crippen LogP contribution in [0.3, 0.4) is 0 Å². The highest BCUT2D eigenvalue weighted by molar-refractivity contribution is 6.33. The van der Waals surface area contributed by atoms with Gasteiger partial charge in [-0.15, -0.1) is 0 Å². The summed E-state index contributed by atoms with van der Waals surface area (Å²) >= 11 is 6.24. The van der Waals surface area contributed by atoms with Gasteiger partial charge in [0.15, 0.2) is 0 Å². The minimum atomic E-state index is 0.265. The molecule has 2 aromatic rings. The summed E-state index contributed by atoms with van der Waals surface area (Å²) in [6.07, 6.45) is 6.07. The average molecular weight is 316 g/mol. The number of hydrogen-bond donors (Lipinski definition) is 1. The molecular weight excluding hydrogens is 298 g/mol. The number of anilines is 2. The minimum absolute atomic E-state index is 0.265. The van der Waals surface area contributed by atoms with E-state index < -0.39 is 0 Å². The molecule has 1 N–H and O–H groups in total. The molecule has 1 unspecified atom stereocenters. The van der Waals surface area contributed by atoms with Crippen molar-refractivity contribution in [2.24, 2.45) is 7.05 Å². The number of benzene rings is 1. The van der Waals surface area contributed by atoms with E-state index in [-0.39, 0.29) is 6.04 Å². The molecule has 0 amide bonds. The number of nitrogens with zero attached hydrogens (tertiary/aromatic N) is 4. The van der Waals surface area contributed by atoms with Gasteiger partial charge in [0.2, 0.25) is 0 Å². The van der Waals surface area contributed by atoms with E-state index in [9.17, 15) is 5.26 Å². The van der Waals surface area contributed by atoms with Crippen LogP contribution in [0.25, 0.3) is 0 Å². The first-order valence-electron chi connectivity index (χ1n) is 7.36. The quantitative estimate of drug-likeness (QED) is 0.946. The van der Waals surface area contributed by atoms with Gasteiger partial charge in [0.05, 0.1) is 28.2 Å². The van der Waals surface area contributed by atoms with Crippen molar-refractivity contribution in [3.05, 3.63) is 41.2 Å². The van der Waals surface area contributed by atoms with Gasteiger partial charge >= 0.3 is 0 Å². The average Bonchev–Trinajstić information content (AvgIpc) is 2.96. The zero-order chi connectivity index (χ0) is 15.5. The molecular formula is C16H18ClN5. The van der Waals surface area contributed by atoms with Crippen molar-refractivity contribution in [1.29, 1.82) is 5.26 Å². The van der Waals surface area contributed by atoms with Crippen molar-refractivity contribution in [3.63, 3.8) is 0 Å². The summed E-state index contributed by atoms with van der Waals surface area (Å²) < 4.78 is 1.81. The first-order valence-corrected chi connectivity index (χ1v) is 7.74. The molecule has 0 saturated carbocycles. The van der Waals surface area contributed by atoms with Gasteiger partial charge in [-0.05, 0) is 25.0 Å². The third kappa shape index (κ3) is 3.02. The van der Waals surface area contributed by atoms with E-state index in [0.29, 0.717) is 10.6 Å². The number of aromatic nitrogens is 2. The number of nitrogens with one attached hydrogen (secondary N) is 1. The van der Waals surface area contributed by atoms with Crippen molar-refractivity contribution in [1.82, 2.24) is 9.78 Å². The van der Waals surface area contributed by atoms with Crippen LogP contribution in [0.4, 0.5) is 11.4 Å². The Balaban J connectivity index is 1.75. The van der Waals surface area contributed by atoms with E-state index in [4.69, 9.17) is 11.6 Å². The zero-order valence-electron chi connectivity index (χ0n) is 12.5. The van der Waals surface area contributed by atoms with Gasteiger partial charge in [0.1, 0.15) is 6.07 Å². The van der Waals surface area contributed by atoms with E-state index in [1.54, 1.807) is 12.1 Å². The lowest BCUT2D eigenvalue weighted by molar-refractivity contribution is 0.530. The molecule has 1 aromatic carbocycles. The molecule has 5 nitrogen and oxygen atoms in total. The molecule has 6 heteroatoms. The van der Waals surface area contributed by atoms with Crippen LogP contribution < -0.4 is 10.2 Å². The highest BCUT2D eigenvalue weighted by Gasteiger charge is 2.22. The van der Waals surface area contributed by atoms with Gasteiger partial charge in [-0.25, -0.2) is 0 Å². The Hall–Kier alpha value is -2.19. The lowest BCUT2D eigenvalue weighted by atomic mass is 10.0. The fourth-order valence-corrected chi connectivity index (χ4v) is 3.10. The van der Waals surface area contributed by atoms with Crippen molar-refractivity contribution in [2.75, 3.05) is 23.3 Å². The monoisotopic (exact) mass is 315 g/mol. The Labute approximate surface area is 135 Å².